The zero-order valence-electron chi connectivity index (χ0n) is 9.92. The van der Waals surface area contributed by atoms with Gasteiger partial charge in [-0.25, -0.2) is 9.97 Å². The number of hydrogen-bond donors (Lipinski definition) is 1. The molecule has 6 nitrogen and oxygen atoms in total. The number of nitrogens with one attached hydrogen (secondary N) is 1. The molecular formula is C11H15N5O. The number of pyridine rings is 1. The van der Waals surface area contributed by atoms with Crippen LogP contribution in [0.1, 0.15) is 11.4 Å². The van der Waals surface area contributed by atoms with Crippen molar-refractivity contribution in [2.45, 2.75) is 13.1 Å². The molecule has 0 unspecified atom stereocenters. The van der Waals surface area contributed by atoms with Crippen LogP contribution in [0, 0.1) is 0 Å². The van der Waals surface area contributed by atoms with Crippen molar-refractivity contribution in [1.29, 1.82) is 0 Å². The minimum absolute atomic E-state index is 0.624. The maximum Gasteiger partial charge on any atom is 0.217 e. The van der Waals surface area contributed by atoms with Crippen molar-refractivity contribution in [1.82, 2.24) is 25.1 Å². The third-order valence-electron chi connectivity index (χ3n) is 2.29. The van der Waals surface area contributed by atoms with E-state index in [1.54, 1.807) is 24.3 Å². The number of aromatic nitrogens is 4. The Bertz CT molecular complexity index is 482. The van der Waals surface area contributed by atoms with Gasteiger partial charge in [0.2, 0.25) is 5.88 Å². The van der Waals surface area contributed by atoms with Crippen LogP contribution >= 0.6 is 0 Å². The molecule has 1 N–H and O–H groups in total. The molecule has 2 aromatic rings. The van der Waals surface area contributed by atoms with Gasteiger partial charge < -0.3 is 10.1 Å². The van der Waals surface area contributed by atoms with E-state index in [1.807, 2.05) is 19.2 Å². The zero-order valence-corrected chi connectivity index (χ0v) is 9.92. The molecule has 2 rings (SSSR count). The van der Waals surface area contributed by atoms with Crippen molar-refractivity contribution in [2.75, 3.05) is 7.11 Å². The smallest absolute Gasteiger partial charge is 0.217 e. The molecule has 17 heavy (non-hydrogen) atoms. The van der Waals surface area contributed by atoms with E-state index < -0.39 is 0 Å². The molecule has 0 spiro atoms. The predicted molar refractivity (Wildman–Crippen MR) is 62.3 cm³/mol. The van der Waals surface area contributed by atoms with Crippen LogP contribution in [0.25, 0.3) is 0 Å². The van der Waals surface area contributed by atoms with Gasteiger partial charge in [-0.3, -0.25) is 4.68 Å². The van der Waals surface area contributed by atoms with Gasteiger partial charge in [0.1, 0.15) is 6.33 Å². The maximum atomic E-state index is 5.17. The number of aryl methyl sites for hydroxylation is 1. The van der Waals surface area contributed by atoms with Gasteiger partial charge in [0.25, 0.3) is 0 Å². The van der Waals surface area contributed by atoms with E-state index in [0.717, 1.165) is 11.4 Å². The normalized spacial score (nSPS) is 10.5. The molecule has 0 bridgehead atoms. The predicted octanol–water partition coefficient (Wildman–Crippen LogP) is 0.508. The quantitative estimate of drug-likeness (QED) is 0.815. The molecule has 0 aromatic carbocycles. The molecule has 0 atom stereocenters. The van der Waals surface area contributed by atoms with E-state index in [9.17, 15) is 0 Å². The lowest BCUT2D eigenvalue weighted by Gasteiger charge is -2.06. The fraction of sp³-hybridized carbons (Fsp3) is 0.364. The van der Waals surface area contributed by atoms with Crippen molar-refractivity contribution in [3.05, 3.63) is 36.0 Å². The van der Waals surface area contributed by atoms with Crippen LogP contribution in [0.3, 0.4) is 0 Å². The summed E-state index contributed by atoms with van der Waals surface area (Å²) in [6, 6.07) is 3.86. The molecule has 0 saturated heterocycles. The van der Waals surface area contributed by atoms with Crippen LogP contribution in [0.15, 0.2) is 24.7 Å². The van der Waals surface area contributed by atoms with Gasteiger partial charge in [0.05, 0.1) is 13.7 Å². The largest absolute Gasteiger partial charge is 0.481 e. The maximum absolute atomic E-state index is 5.17. The van der Waals surface area contributed by atoms with Crippen molar-refractivity contribution in [3.8, 4) is 5.88 Å². The first-order valence-corrected chi connectivity index (χ1v) is 5.32. The highest BCUT2D eigenvalue weighted by atomic mass is 16.5. The lowest BCUT2D eigenvalue weighted by atomic mass is 10.2. The third kappa shape index (κ3) is 3.01. The first kappa shape index (κ1) is 11.5. The van der Waals surface area contributed by atoms with Gasteiger partial charge in [-0.05, 0) is 6.07 Å². The molecule has 2 aromatic heterocycles. The Kier molecular flexibility index (Phi) is 3.66. The van der Waals surface area contributed by atoms with Crippen molar-refractivity contribution >= 4 is 0 Å². The van der Waals surface area contributed by atoms with Crippen molar-refractivity contribution in [3.63, 3.8) is 0 Å². The van der Waals surface area contributed by atoms with Gasteiger partial charge in [-0.2, -0.15) is 5.10 Å². The fourth-order valence-corrected chi connectivity index (χ4v) is 1.52. The average Bonchev–Trinajstić information content (AvgIpc) is 2.76. The first-order valence-electron chi connectivity index (χ1n) is 5.32. The molecule has 0 aliphatic heterocycles. The van der Waals surface area contributed by atoms with Crippen LogP contribution < -0.4 is 10.1 Å². The van der Waals surface area contributed by atoms with Crippen molar-refractivity contribution in [2.24, 2.45) is 7.05 Å². The summed E-state index contributed by atoms with van der Waals surface area (Å²) >= 11 is 0. The van der Waals surface area contributed by atoms with E-state index in [-0.39, 0.29) is 0 Å². The Morgan fingerprint density at radius 2 is 2.24 bits per heavy atom. The second kappa shape index (κ2) is 5.40. The standard InChI is InChI=1S/C11H15N5O/c1-16-8-14-10(15-16)7-12-6-9-4-3-5-13-11(9)17-2/h3-5,8,12H,6-7H2,1-2H3. The summed E-state index contributed by atoms with van der Waals surface area (Å²) in [5.41, 5.74) is 1.02. The Morgan fingerprint density at radius 3 is 2.94 bits per heavy atom. The Labute approximate surface area is 99.7 Å². The van der Waals surface area contributed by atoms with Gasteiger partial charge in [-0.15, -0.1) is 0 Å². The number of nitrogens with zero attached hydrogens (tertiary/aromatic N) is 4. The molecule has 2 heterocycles. The topological polar surface area (TPSA) is 64.9 Å². The van der Waals surface area contributed by atoms with E-state index in [4.69, 9.17) is 4.74 Å². The zero-order chi connectivity index (χ0) is 12.1. The highest BCUT2D eigenvalue weighted by molar-refractivity contribution is 5.24. The second-order valence-electron chi connectivity index (χ2n) is 3.61. The highest BCUT2D eigenvalue weighted by Gasteiger charge is 2.03. The first-order chi connectivity index (χ1) is 8.29. The van der Waals surface area contributed by atoms with E-state index in [1.165, 1.54) is 0 Å². The number of ether oxygens (including phenoxy) is 1. The Balaban J connectivity index is 1.89. The SMILES string of the molecule is COc1ncccc1CNCc1ncn(C)n1. The number of methoxy groups -OCH3 is 1. The summed E-state index contributed by atoms with van der Waals surface area (Å²) < 4.78 is 6.85. The summed E-state index contributed by atoms with van der Waals surface area (Å²) in [4.78, 5) is 8.26. The average molecular weight is 233 g/mol. The molecule has 0 aliphatic carbocycles. The molecule has 0 saturated carbocycles. The molecular weight excluding hydrogens is 218 g/mol. The lowest BCUT2D eigenvalue weighted by molar-refractivity contribution is 0.390. The van der Waals surface area contributed by atoms with E-state index in [2.05, 4.69) is 20.4 Å². The third-order valence-corrected chi connectivity index (χ3v) is 2.29. The molecule has 0 fully saturated rings. The molecule has 90 valence electrons. The minimum Gasteiger partial charge on any atom is -0.481 e. The molecule has 6 heteroatoms. The van der Waals surface area contributed by atoms with E-state index in [0.29, 0.717) is 19.0 Å². The molecule has 0 aliphatic rings. The lowest BCUT2D eigenvalue weighted by Crippen LogP contribution is -2.15. The Morgan fingerprint density at radius 1 is 1.35 bits per heavy atom. The summed E-state index contributed by atoms with van der Waals surface area (Å²) in [5, 5.41) is 7.43. The molecule has 0 radical (unpaired) electrons. The van der Waals surface area contributed by atoms with Gasteiger partial charge in [0.15, 0.2) is 5.82 Å². The second-order valence-corrected chi connectivity index (χ2v) is 3.61. The van der Waals surface area contributed by atoms with Gasteiger partial charge in [0, 0.05) is 25.4 Å². The highest BCUT2D eigenvalue weighted by Crippen LogP contribution is 2.12. The van der Waals surface area contributed by atoms with Crippen LogP contribution in [-0.2, 0) is 20.1 Å². The fourth-order valence-electron chi connectivity index (χ4n) is 1.52. The molecule has 0 amide bonds. The van der Waals surface area contributed by atoms with Gasteiger partial charge in [-0.1, -0.05) is 6.07 Å². The number of hydrogen-bond acceptors (Lipinski definition) is 5. The van der Waals surface area contributed by atoms with Crippen LogP contribution in [0.2, 0.25) is 0 Å². The van der Waals surface area contributed by atoms with Crippen LogP contribution in [0.5, 0.6) is 5.88 Å². The summed E-state index contributed by atoms with van der Waals surface area (Å²) in [6.07, 6.45) is 3.39. The Hall–Kier alpha value is -1.95. The van der Waals surface area contributed by atoms with Crippen LogP contribution in [0.4, 0.5) is 0 Å². The van der Waals surface area contributed by atoms with E-state index >= 15 is 0 Å². The summed E-state index contributed by atoms with van der Waals surface area (Å²) in [6.45, 7) is 1.30. The van der Waals surface area contributed by atoms with Crippen LogP contribution in [-0.4, -0.2) is 26.9 Å². The summed E-state index contributed by atoms with van der Waals surface area (Å²) in [7, 11) is 3.47. The minimum atomic E-state index is 0.624. The van der Waals surface area contributed by atoms with Gasteiger partial charge >= 0.3 is 0 Å². The number of rotatable bonds is 5. The monoisotopic (exact) mass is 233 g/mol. The van der Waals surface area contributed by atoms with Crippen molar-refractivity contribution < 1.29 is 4.74 Å². The summed E-state index contributed by atoms with van der Waals surface area (Å²) in [5.74, 6) is 1.42.